The van der Waals surface area contributed by atoms with E-state index in [4.69, 9.17) is 4.43 Å². The maximum Gasteiger partial charge on any atom is 0.258 e. The maximum absolute atomic E-state index is 9.40. The van der Waals surface area contributed by atoms with Crippen molar-refractivity contribution in [1.29, 1.82) is 0 Å². The molecule has 0 aliphatic carbocycles. The Kier molecular flexibility index (Phi) is 6.69. The number of hydrogen-bond donors (Lipinski definition) is 1. The van der Waals surface area contributed by atoms with Crippen LogP contribution in [0.25, 0.3) is 0 Å². The zero-order chi connectivity index (χ0) is 17.1. The topological polar surface area (TPSA) is 29.5 Å². The maximum atomic E-state index is 9.40. The molecule has 1 rings (SSSR count). The van der Waals surface area contributed by atoms with E-state index < -0.39 is 8.32 Å². The van der Waals surface area contributed by atoms with Crippen LogP contribution in [0.1, 0.15) is 72.4 Å². The second-order valence-electron chi connectivity index (χ2n) is 7.60. The summed E-state index contributed by atoms with van der Waals surface area (Å²) in [5, 5.41) is 9.40. The van der Waals surface area contributed by atoms with Crippen LogP contribution in [0.3, 0.4) is 0 Å². The van der Waals surface area contributed by atoms with E-state index in [1.165, 1.54) is 5.56 Å². The highest BCUT2D eigenvalue weighted by atomic mass is 28.4. The predicted octanol–water partition coefficient (Wildman–Crippen LogP) is 5.86. The first kappa shape index (κ1) is 19.2. The Morgan fingerprint density at radius 1 is 0.909 bits per heavy atom. The smallest absolute Gasteiger partial charge is 0.258 e. The lowest BCUT2D eigenvalue weighted by Gasteiger charge is -2.43. The molecule has 2 nitrogen and oxygen atoms in total. The Hall–Kier alpha value is -0.803. The molecule has 1 N–H and O–H groups in total. The van der Waals surface area contributed by atoms with Crippen LogP contribution in [0.15, 0.2) is 18.2 Å². The normalized spacial score (nSPS) is 12.8. The van der Waals surface area contributed by atoms with Gasteiger partial charge in [-0.2, -0.15) is 0 Å². The summed E-state index contributed by atoms with van der Waals surface area (Å²) < 4.78 is 6.84. The van der Waals surface area contributed by atoms with E-state index in [0.717, 1.165) is 11.3 Å². The first-order valence-corrected chi connectivity index (χ1v) is 10.7. The van der Waals surface area contributed by atoms with Crippen molar-refractivity contribution >= 4 is 8.32 Å². The average Bonchev–Trinajstić information content (AvgIpc) is 2.43. The largest absolute Gasteiger partial charge is 0.542 e. The van der Waals surface area contributed by atoms with Gasteiger partial charge in [0, 0.05) is 0 Å². The third-order valence-electron chi connectivity index (χ3n) is 4.87. The van der Waals surface area contributed by atoms with Crippen molar-refractivity contribution in [2.75, 3.05) is 0 Å². The molecule has 0 bridgehead atoms. The molecule has 0 radical (unpaired) electrons. The molecule has 3 heteroatoms. The van der Waals surface area contributed by atoms with Crippen molar-refractivity contribution in [3.8, 4) is 5.75 Å². The lowest BCUT2D eigenvalue weighted by molar-refractivity contribution is 0.281. The van der Waals surface area contributed by atoms with Crippen LogP contribution in [0, 0.1) is 0 Å². The molecule has 0 spiro atoms. The molecule has 126 valence electrons. The first-order chi connectivity index (χ1) is 10.2. The van der Waals surface area contributed by atoms with Crippen LogP contribution in [0.2, 0.25) is 16.6 Å². The molecule has 0 unspecified atom stereocenters. The number of aliphatic hydroxyl groups excluding tert-OH is 1. The minimum absolute atomic E-state index is 0.0844. The summed E-state index contributed by atoms with van der Waals surface area (Å²) in [7, 11) is -1.94. The van der Waals surface area contributed by atoms with E-state index >= 15 is 0 Å². The fourth-order valence-electron chi connectivity index (χ4n) is 3.78. The molecule has 1 aromatic rings. The molecular formula is C19H34O2Si. The third-order valence-corrected chi connectivity index (χ3v) is 10.9. The molecule has 0 aromatic heterocycles. The van der Waals surface area contributed by atoms with Crippen LogP contribution in [0.5, 0.6) is 5.75 Å². The minimum Gasteiger partial charge on any atom is -0.542 e. The fraction of sp³-hybridized carbons (Fsp3) is 0.684. The molecular weight excluding hydrogens is 288 g/mol. The van der Waals surface area contributed by atoms with Crippen LogP contribution in [-0.4, -0.2) is 13.4 Å². The molecule has 0 fully saturated rings. The molecule has 0 heterocycles. The van der Waals surface area contributed by atoms with Gasteiger partial charge in [0.15, 0.2) is 0 Å². The Balaban J connectivity index is 3.35. The number of aliphatic hydroxyl groups is 1. The Labute approximate surface area is 138 Å². The number of hydrogen-bond acceptors (Lipinski definition) is 2. The SMILES string of the molecule is CC(C)c1cc(CO)ccc1O[Si](C(C)C)(C(C)C)C(C)C. The Morgan fingerprint density at radius 2 is 1.41 bits per heavy atom. The molecule has 0 saturated carbocycles. The van der Waals surface area contributed by atoms with E-state index in [1.807, 2.05) is 6.07 Å². The lowest BCUT2D eigenvalue weighted by atomic mass is 10.00. The molecule has 0 aliphatic heterocycles. The van der Waals surface area contributed by atoms with Crippen molar-refractivity contribution in [3.63, 3.8) is 0 Å². The molecule has 22 heavy (non-hydrogen) atoms. The summed E-state index contributed by atoms with van der Waals surface area (Å²) in [6.45, 7) is 18.3. The minimum atomic E-state index is -1.94. The van der Waals surface area contributed by atoms with E-state index in [0.29, 0.717) is 22.5 Å². The number of benzene rings is 1. The van der Waals surface area contributed by atoms with Gasteiger partial charge >= 0.3 is 0 Å². The van der Waals surface area contributed by atoms with Gasteiger partial charge in [-0.05, 0) is 45.8 Å². The molecule has 0 aliphatic rings. The summed E-state index contributed by atoms with van der Waals surface area (Å²) in [5.74, 6) is 1.41. The van der Waals surface area contributed by atoms with Crippen LogP contribution < -0.4 is 4.43 Å². The molecule has 0 amide bonds. The van der Waals surface area contributed by atoms with Gasteiger partial charge in [-0.1, -0.05) is 61.5 Å². The predicted molar refractivity (Wildman–Crippen MR) is 98.1 cm³/mol. The zero-order valence-corrected chi connectivity index (χ0v) is 16.6. The molecule has 0 saturated heterocycles. The molecule has 1 aromatic carbocycles. The van der Waals surface area contributed by atoms with E-state index in [2.05, 4.69) is 67.5 Å². The highest BCUT2D eigenvalue weighted by molar-refractivity contribution is 6.78. The van der Waals surface area contributed by atoms with Crippen LogP contribution >= 0.6 is 0 Å². The van der Waals surface area contributed by atoms with Crippen molar-refractivity contribution in [1.82, 2.24) is 0 Å². The van der Waals surface area contributed by atoms with Gasteiger partial charge in [-0.15, -0.1) is 0 Å². The van der Waals surface area contributed by atoms with Crippen molar-refractivity contribution < 1.29 is 9.53 Å². The summed E-state index contributed by atoms with van der Waals surface area (Å²) in [6.07, 6.45) is 0. The quantitative estimate of drug-likeness (QED) is 0.637. The van der Waals surface area contributed by atoms with Crippen LogP contribution in [-0.2, 0) is 6.61 Å². The van der Waals surface area contributed by atoms with E-state index in [1.54, 1.807) is 0 Å². The zero-order valence-electron chi connectivity index (χ0n) is 15.6. The van der Waals surface area contributed by atoms with Crippen molar-refractivity contribution in [3.05, 3.63) is 29.3 Å². The van der Waals surface area contributed by atoms with Crippen LogP contribution in [0.4, 0.5) is 0 Å². The summed E-state index contributed by atoms with van der Waals surface area (Å²) in [6, 6.07) is 6.15. The second-order valence-corrected chi connectivity index (χ2v) is 13.0. The standard InChI is InChI=1S/C19H34O2Si/c1-13(2)18-11-17(12-20)9-10-19(18)21-22(14(3)4,15(5)6)16(7)8/h9-11,13-16,20H,12H2,1-8H3. The summed E-state index contributed by atoms with van der Waals surface area (Å²) in [5.41, 5.74) is 3.85. The average molecular weight is 323 g/mol. The summed E-state index contributed by atoms with van der Waals surface area (Å²) in [4.78, 5) is 0. The summed E-state index contributed by atoms with van der Waals surface area (Å²) >= 11 is 0. The third kappa shape index (κ3) is 3.75. The lowest BCUT2D eigenvalue weighted by Crippen LogP contribution is -2.50. The van der Waals surface area contributed by atoms with Gasteiger partial charge in [-0.25, -0.2) is 0 Å². The first-order valence-electron chi connectivity index (χ1n) is 8.59. The van der Waals surface area contributed by atoms with Gasteiger partial charge in [-0.3, -0.25) is 0 Å². The van der Waals surface area contributed by atoms with Crippen molar-refractivity contribution in [2.24, 2.45) is 0 Å². The van der Waals surface area contributed by atoms with Gasteiger partial charge in [0.25, 0.3) is 8.32 Å². The molecule has 0 atom stereocenters. The van der Waals surface area contributed by atoms with Gasteiger partial charge in [0.2, 0.25) is 0 Å². The van der Waals surface area contributed by atoms with E-state index in [9.17, 15) is 5.11 Å². The Morgan fingerprint density at radius 3 is 1.77 bits per heavy atom. The van der Waals surface area contributed by atoms with E-state index in [-0.39, 0.29) is 6.61 Å². The van der Waals surface area contributed by atoms with Gasteiger partial charge in [0.05, 0.1) is 6.61 Å². The monoisotopic (exact) mass is 322 g/mol. The highest BCUT2D eigenvalue weighted by Gasteiger charge is 2.47. The van der Waals surface area contributed by atoms with Gasteiger partial charge < -0.3 is 9.53 Å². The number of rotatable bonds is 7. The fourth-order valence-corrected chi connectivity index (χ4v) is 9.06. The Bertz CT molecular complexity index is 457. The van der Waals surface area contributed by atoms with Gasteiger partial charge in [0.1, 0.15) is 5.75 Å². The van der Waals surface area contributed by atoms with Crippen molar-refractivity contribution in [2.45, 2.75) is 84.5 Å². The highest BCUT2D eigenvalue weighted by Crippen LogP contribution is 2.44. The second kappa shape index (κ2) is 7.65.